The number of nitrogens with two attached hydrogens (primary N) is 1. The van der Waals surface area contributed by atoms with Crippen LogP contribution in [0.15, 0.2) is 32.4 Å². The third kappa shape index (κ3) is 7.86. The summed E-state index contributed by atoms with van der Waals surface area (Å²) in [6.07, 6.45) is 0.886. The van der Waals surface area contributed by atoms with E-state index in [2.05, 4.69) is 30.3 Å². The number of H-pyrrole nitrogens is 1. The number of hydrogen-bond donors (Lipinski definition) is 4. The van der Waals surface area contributed by atoms with Gasteiger partial charge in [-0.1, -0.05) is 9.24 Å². The fraction of sp³-hybridized carbons (Fsp3) is 0.286. The number of nitrogens with zero attached hydrogens (tertiary/aromatic N) is 7. The number of rotatable bonds is 9. The van der Waals surface area contributed by atoms with E-state index in [1.54, 1.807) is 0 Å². The molecule has 0 radical (unpaired) electrons. The Labute approximate surface area is 305 Å². The zero-order chi connectivity index (χ0) is 32.7. The van der Waals surface area contributed by atoms with Gasteiger partial charge in [0.05, 0.1) is 17.7 Å². The van der Waals surface area contributed by atoms with Crippen LogP contribution in [0.3, 0.4) is 0 Å². The molecule has 1 fully saturated rings. The van der Waals surface area contributed by atoms with Gasteiger partial charge in [-0.2, -0.15) is 0 Å². The average molecular weight is 699 g/mol. The summed E-state index contributed by atoms with van der Waals surface area (Å²) in [6.45, 7) is 1.64. The van der Waals surface area contributed by atoms with Crippen LogP contribution in [0.2, 0.25) is 0 Å². The largest absolute Gasteiger partial charge is 1.00 e. The van der Waals surface area contributed by atoms with E-state index in [9.17, 15) is 47.4 Å². The van der Waals surface area contributed by atoms with Crippen molar-refractivity contribution < 1.29 is 102 Å². The molecule has 1 atom stereocenters. The zero-order valence-corrected chi connectivity index (χ0v) is 30.2. The number of aromatic amines is 1. The molecule has 1 aliphatic heterocycles. The molecule has 3 aromatic rings. The van der Waals surface area contributed by atoms with Gasteiger partial charge >= 0.3 is 64.8 Å². The summed E-state index contributed by atoms with van der Waals surface area (Å²) < 4.78 is 29.0. The Morgan fingerprint density at radius 3 is 2.48 bits per heavy atom. The van der Waals surface area contributed by atoms with Crippen molar-refractivity contribution in [2.45, 2.75) is 25.5 Å². The molecule has 0 unspecified atom stereocenters. The number of pyridine rings is 1. The van der Waals surface area contributed by atoms with Crippen molar-refractivity contribution in [3.05, 3.63) is 48.8 Å². The number of urea groups is 1. The van der Waals surface area contributed by atoms with E-state index in [0.717, 1.165) is 44.5 Å². The summed E-state index contributed by atoms with van der Waals surface area (Å²) in [7, 11) is -4.05. The van der Waals surface area contributed by atoms with E-state index in [1.165, 1.54) is 5.38 Å². The SMILES string of the molecule is Cn1c(-c2cc(=O)c(O)c[nH]2)nn(S(=O)(=O)[N-]C(=O)N2C[C@H](NC(=O)/C(=N\OC(C)(C)C(=O)[O-])c3csc(N)n3)C2=O)c1=O.[Na+].[Na+]. The van der Waals surface area contributed by atoms with Crippen molar-refractivity contribution in [3.8, 4) is 17.3 Å². The molecule has 0 bridgehead atoms. The molecule has 4 rings (SSSR count). The number of carboxylic acids is 1. The molecule has 4 heterocycles. The molecule has 0 saturated carbocycles. The van der Waals surface area contributed by atoms with Crippen LogP contribution in [-0.2, 0) is 36.5 Å². The van der Waals surface area contributed by atoms with Gasteiger partial charge in [0, 0.05) is 24.7 Å². The first-order valence-corrected chi connectivity index (χ1v) is 14.1. The fourth-order valence-corrected chi connectivity index (χ4v) is 4.73. The number of oxime groups is 1. The van der Waals surface area contributed by atoms with Crippen molar-refractivity contribution in [2.24, 2.45) is 12.2 Å². The number of imide groups is 1. The van der Waals surface area contributed by atoms with Crippen LogP contribution in [0.1, 0.15) is 19.5 Å². The Morgan fingerprint density at radius 1 is 1.28 bits per heavy atom. The van der Waals surface area contributed by atoms with Crippen molar-refractivity contribution in [1.29, 1.82) is 0 Å². The molecule has 5 N–H and O–H groups in total. The number of hydrogen-bond acceptors (Lipinski definition) is 16. The van der Waals surface area contributed by atoms with Crippen LogP contribution in [0.4, 0.5) is 9.93 Å². The summed E-state index contributed by atoms with van der Waals surface area (Å²) in [5.74, 6) is -4.84. The van der Waals surface area contributed by atoms with Crippen LogP contribution in [0, 0.1) is 0 Å². The van der Waals surface area contributed by atoms with Gasteiger partial charge in [0.2, 0.25) is 5.43 Å². The maximum atomic E-state index is 12.9. The molecular formula is C21H20N10Na2O11S2. The van der Waals surface area contributed by atoms with Gasteiger partial charge in [-0.05, 0) is 20.4 Å². The number of carbonyl (C=O) groups is 4. The molecule has 21 nitrogen and oxygen atoms in total. The van der Waals surface area contributed by atoms with E-state index >= 15 is 0 Å². The van der Waals surface area contributed by atoms with Gasteiger partial charge in [-0.25, -0.2) is 18.2 Å². The quantitative estimate of drug-likeness (QED) is 0.0698. The van der Waals surface area contributed by atoms with Crippen LogP contribution in [-0.4, -0.2) is 89.9 Å². The van der Waals surface area contributed by atoms with E-state index in [-0.39, 0.29) is 85.5 Å². The molecule has 0 spiro atoms. The zero-order valence-electron chi connectivity index (χ0n) is 24.6. The molecule has 0 aromatic carbocycles. The monoisotopic (exact) mass is 698 g/mol. The summed E-state index contributed by atoms with van der Waals surface area (Å²) in [4.78, 5) is 85.1. The third-order valence-electron chi connectivity index (χ3n) is 5.80. The standard InChI is InChI=1S/C21H22N10O11S2.2Na/c1-21(2,17(36)37)42-27-13(10-7-43-18(22)25-10)15(34)24-9-6-30(16(9)35)19(38)28-44(40,41)31-20(39)29(3)14(26-31)8-4-11(32)12(33)5-23-8;;/h4-5,7,9H,6H2,1-3H3,(H7,22,23,24,25,26,27,28,32,33,34,36,37,38);;/q;2*+1/p-2/t9-;;/m0../s1. The van der Waals surface area contributed by atoms with E-state index in [0.29, 0.717) is 9.47 Å². The number of aromatic hydroxyl groups is 1. The summed E-state index contributed by atoms with van der Waals surface area (Å²) in [5.41, 5.74) is 0.617. The molecule has 1 aliphatic rings. The number of amides is 4. The second kappa shape index (κ2) is 14.5. The van der Waals surface area contributed by atoms with E-state index in [4.69, 9.17) is 10.6 Å². The van der Waals surface area contributed by atoms with Crippen LogP contribution < -0.4 is 86.4 Å². The number of carboxylic acid groups (broad SMARTS) is 1. The number of β-lactam (4-membered cyclic amide) rings is 1. The number of nitrogens with one attached hydrogen (secondary N) is 2. The molecule has 0 aliphatic carbocycles. The number of carbonyl (C=O) groups excluding carboxylic acids is 4. The number of aromatic nitrogens is 5. The first-order valence-electron chi connectivity index (χ1n) is 11.8. The second-order valence-electron chi connectivity index (χ2n) is 9.33. The van der Waals surface area contributed by atoms with Gasteiger partial charge < -0.3 is 45.5 Å². The minimum absolute atomic E-state index is 0. The topological polar surface area (TPSA) is 308 Å². The first-order chi connectivity index (χ1) is 20.4. The number of anilines is 1. The van der Waals surface area contributed by atoms with Gasteiger partial charge in [0.1, 0.15) is 5.69 Å². The normalized spacial score (nSPS) is 14.8. The Kier molecular flexibility index (Phi) is 12.1. The molecule has 234 valence electrons. The van der Waals surface area contributed by atoms with Crippen LogP contribution in [0.5, 0.6) is 5.75 Å². The Morgan fingerprint density at radius 2 is 1.93 bits per heavy atom. The van der Waals surface area contributed by atoms with Gasteiger partial charge in [0.15, 0.2) is 40.0 Å². The minimum atomic E-state index is -5.16. The maximum Gasteiger partial charge on any atom is 1.00 e. The number of nitrogen functional groups attached to an aromatic ring is 1. The Balaban J connectivity index is 0.00000368. The molecule has 25 heteroatoms. The Bertz CT molecular complexity index is 1970. The fourth-order valence-electron chi connectivity index (χ4n) is 3.31. The van der Waals surface area contributed by atoms with Crippen LogP contribution >= 0.6 is 11.3 Å². The van der Waals surface area contributed by atoms with Gasteiger partial charge in [-0.3, -0.25) is 23.7 Å². The average Bonchev–Trinajstić information content (AvgIpc) is 3.50. The van der Waals surface area contributed by atoms with Crippen molar-refractivity contribution in [3.63, 3.8) is 0 Å². The first kappa shape index (κ1) is 38.6. The third-order valence-corrected chi connectivity index (χ3v) is 7.54. The predicted octanol–water partition coefficient (Wildman–Crippen LogP) is -9.45. The number of thiazole rings is 1. The summed E-state index contributed by atoms with van der Waals surface area (Å²) in [5, 5.41) is 31.3. The van der Waals surface area contributed by atoms with Crippen molar-refractivity contribution in [2.75, 3.05) is 12.3 Å². The molecule has 4 amide bonds. The second-order valence-corrected chi connectivity index (χ2v) is 11.6. The smallest absolute Gasteiger partial charge is 0.546 e. The maximum absolute atomic E-state index is 12.9. The van der Waals surface area contributed by atoms with Crippen molar-refractivity contribution in [1.82, 2.24) is 33.9 Å². The molecule has 3 aromatic heterocycles. The minimum Gasteiger partial charge on any atom is -0.546 e. The molecule has 1 saturated heterocycles. The Hall–Kier alpha value is -3.58. The number of aliphatic carboxylic acids is 1. The van der Waals surface area contributed by atoms with Crippen LogP contribution in [0.25, 0.3) is 16.2 Å². The predicted molar refractivity (Wildman–Crippen MR) is 145 cm³/mol. The van der Waals surface area contributed by atoms with E-state index in [1.807, 2.05) is 0 Å². The van der Waals surface area contributed by atoms with E-state index < -0.39 is 74.8 Å². The van der Waals surface area contributed by atoms with Gasteiger partial charge in [0.25, 0.3) is 16.1 Å². The van der Waals surface area contributed by atoms with Gasteiger partial charge in [-0.15, -0.1) is 16.4 Å². The summed E-state index contributed by atoms with van der Waals surface area (Å²) >= 11 is 0.916. The molecule has 46 heavy (non-hydrogen) atoms. The van der Waals surface area contributed by atoms with Crippen molar-refractivity contribution >= 4 is 56.2 Å². The number of likely N-dealkylation sites (tertiary alicyclic amines) is 1. The summed E-state index contributed by atoms with van der Waals surface area (Å²) in [6, 6.07) is -2.15. The molecular weight excluding hydrogens is 678 g/mol.